The molecule has 0 amide bonds. The number of anilines is 1. The normalized spacial score (nSPS) is 12.0. The molecule has 0 saturated carbocycles. The maximum atomic E-state index is 11.3. The third kappa shape index (κ3) is 3.67. The number of azo groups is 1. The highest BCUT2D eigenvalue weighted by molar-refractivity contribution is 7.89. The van der Waals surface area contributed by atoms with E-state index < -0.39 is 10.0 Å². The van der Waals surface area contributed by atoms with E-state index in [9.17, 15) is 8.42 Å². The van der Waals surface area contributed by atoms with Crippen LogP contribution in [0.2, 0.25) is 0 Å². The van der Waals surface area contributed by atoms with Crippen LogP contribution in [0.25, 0.3) is 10.8 Å². The van der Waals surface area contributed by atoms with Crippen molar-refractivity contribution in [2.24, 2.45) is 15.4 Å². The Hall–Kier alpha value is -2.77. The number of nitrogens with two attached hydrogens (primary N) is 1. The van der Waals surface area contributed by atoms with Gasteiger partial charge in [-0.05, 0) is 36.4 Å². The molecule has 0 aliphatic rings. The van der Waals surface area contributed by atoms with Crippen LogP contribution in [-0.2, 0) is 10.0 Å². The lowest BCUT2D eigenvalue weighted by atomic mass is 10.1. The Bertz CT molecular complexity index is 1040. The van der Waals surface area contributed by atoms with Gasteiger partial charge in [-0.2, -0.15) is 5.11 Å². The standard InChI is InChI=1S/C18H18N4O2S/c1-22(2)18-12-11-17(15-5-3-4-6-16(15)18)21-20-13-7-9-14(10-8-13)25(19,23)24/h3-12H,1-2H3,(H2,19,23,24). The molecule has 0 unspecified atom stereocenters. The summed E-state index contributed by atoms with van der Waals surface area (Å²) in [7, 11) is 0.287. The maximum absolute atomic E-state index is 11.3. The molecule has 3 rings (SSSR count). The predicted octanol–water partition coefficient (Wildman–Crippen LogP) is 3.97. The summed E-state index contributed by atoms with van der Waals surface area (Å²) in [6.07, 6.45) is 0. The summed E-state index contributed by atoms with van der Waals surface area (Å²) >= 11 is 0. The van der Waals surface area contributed by atoms with Gasteiger partial charge in [0.15, 0.2) is 0 Å². The van der Waals surface area contributed by atoms with Gasteiger partial charge in [-0.15, -0.1) is 5.11 Å². The van der Waals surface area contributed by atoms with Crippen LogP contribution in [-0.4, -0.2) is 22.5 Å². The molecule has 0 radical (unpaired) electrons. The van der Waals surface area contributed by atoms with Crippen LogP contribution in [0.4, 0.5) is 17.1 Å². The summed E-state index contributed by atoms with van der Waals surface area (Å²) in [6.45, 7) is 0. The third-order valence-electron chi connectivity index (χ3n) is 3.80. The van der Waals surface area contributed by atoms with Crippen LogP contribution in [0.5, 0.6) is 0 Å². The molecule has 2 N–H and O–H groups in total. The van der Waals surface area contributed by atoms with Gasteiger partial charge in [0.1, 0.15) is 0 Å². The first-order valence-electron chi connectivity index (χ1n) is 7.60. The van der Waals surface area contributed by atoms with Crippen molar-refractivity contribution in [3.8, 4) is 0 Å². The fourth-order valence-electron chi connectivity index (χ4n) is 2.56. The Balaban J connectivity index is 1.98. The number of hydrogen-bond donors (Lipinski definition) is 1. The van der Waals surface area contributed by atoms with Gasteiger partial charge in [-0.3, -0.25) is 0 Å². The molecule has 0 aromatic heterocycles. The zero-order valence-electron chi connectivity index (χ0n) is 13.9. The Labute approximate surface area is 146 Å². The summed E-state index contributed by atoms with van der Waals surface area (Å²) in [5.41, 5.74) is 2.40. The van der Waals surface area contributed by atoms with Gasteiger partial charge in [0.25, 0.3) is 0 Å². The van der Waals surface area contributed by atoms with Crippen molar-refractivity contribution in [1.29, 1.82) is 0 Å². The van der Waals surface area contributed by atoms with Gasteiger partial charge in [-0.25, -0.2) is 13.6 Å². The van der Waals surface area contributed by atoms with Crippen LogP contribution in [0.1, 0.15) is 0 Å². The van der Waals surface area contributed by atoms with Crippen molar-refractivity contribution in [2.45, 2.75) is 4.90 Å². The molecule has 0 spiro atoms. The molecule has 0 saturated heterocycles. The monoisotopic (exact) mass is 354 g/mol. The SMILES string of the molecule is CN(C)c1ccc(N=Nc2ccc(S(N)(=O)=O)cc2)c2ccccc12. The van der Waals surface area contributed by atoms with Crippen molar-refractivity contribution in [3.63, 3.8) is 0 Å². The van der Waals surface area contributed by atoms with Gasteiger partial charge >= 0.3 is 0 Å². The molecule has 7 heteroatoms. The maximum Gasteiger partial charge on any atom is 0.238 e. The minimum Gasteiger partial charge on any atom is -0.377 e. The van der Waals surface area contributed by atoms with E-state index in [1.54, 1.807) is 12.1 Å². The quantitative estimate of drug-likeness (QED) is 0.719. The predicted molar refractivity (Wildman–Crippen MR) is 100 cm³/mol. The Morgan fingerprint density at radius 2 is 1.48 bits per heavy atom. The molecule has 0 bridgehead atoms. The van der Waals surface area contributed by atoms with Crippen molar-refractivity contribution in [2.75, 3.05) is 19.0 Å². The van der Waals surface area contributed by atoms with Crippen LogP contribution in [0, 0.1) is 0 Å². The van der Waals surface area contributed by atoms with Crippen LogP contribution < -0.4 is 10.0 Å². The van der Waals surface area contributed by atoms with E-state index in [-0.39, 0.29) is 4.90 Å². The number of primary sulfonamides is 1. The molecular formula is C18H18N4O2S. The van der Waals surface area contributed by atoms with Gasteiger partial charge in [0.05, 0.1) is 16.3 Å². The minimum absolute atomic E-state index is 0.0484. The van der Waals surface area contributed by atoms with Crippen LogP contribution in [0.3, 0.4) is 0 Å². The van der Waals surface area contributed by atoms with Gasteiger partial charge in [0.2, 0.25) is 10.0 Å². The number of fused-ring (bicyclic) bond motifs is 1. The Kier molecular flexibility index (Phi) is 4.52. The molecule has 128 valence electrons. The zero-order valence-corrected chi connectivity index (χ0v) is 14.7. The number of benzene rings is 3. The molecular weight excluding hydrogens is 336 g/mol. The molecule has 0 aliphatic heterocycles. The molecule has 0 heterocycles. The zero-order chi connectivity index (χ0) is 18.0. The van der Waals surface area contributed by atoms with Crippen molar-refractivity contribution in [3.05, 3.63) is 60.7 Å². The van der Waals surface area contributed by atoms with Gasteiger partial charge < -0.3 is 4.90 Å². The number of sulfonamides is 1. The average Bonchev–Trinajstić information content (AvgIpc) is 2.59. The first-order chi connectivity index (χ1) is 11.9. The smallest absolute Gasteiger partial charge is 0.238 e. The Morgan fingerprint density at radius 3 is 2.08 bits per heavy atom. The largest absolute Gasteiger partial charge is 0.377 e. The highest BCUT2D eigenvalue weighted by Gasteiger charge is 2.08. The van der Waals surface area contributed by atoms with E-state index in [0.29, 0.717) is 5.69 Å². The van der Waals surface area contributed by atoms with Crippen LogP contribution >= 0.6 is 0 Å². The summed E-state index contributed by atoms with van der Waals surface area (Å²) in [5.74, 6) is 0. The molecule has 0 fully saturated rings. The lowest BCUT2D eigenvalue weighted by molar-refractivity contribution is 0.598. The second-order valence-electron chi connectivity index (χ2n) is 5.78. The highest BCUT2D eigenvalue weighted by atomic mass is 32.2. The van der Waals surface area contributed by atoms with E-state index in [2.05, 4.69) is 15.1 Å². The molecule has 3 aromatic rings. The van der Waals surface area contributed by atoms with E-state index in [4.69, 9.17) is 5.14 Å². The average molecular weight is 354 g/mol. The van der Waals surface area contributed by atoms with Crippen molar-refractivity contribution in [1.82, 2.24) is 0 Å². The Morgan fingerprint density at radius 1 is 0.840 bits per heavy atom. The summed E-state index contributed by atoms with van der Waals surface area (Å²) in [6, 6.07) is 17.9. The van der Waals surface area contributed by atoms with E-state index in [1.165, 1.54) is 12.1 Å². The van der Waals surface area contributed by atoms with Gasteiger partial charge in [0, 0.05) is 30.6 Å². The lowest BCUT2D eigenvalue weighted by Gasteiger charge is -2.16. The summed E-state index contributed by atoms with van der Waals surface area (Å²) in [4.78, 5) is 2.10. The third-order valence-corrected chi connectivity index (χ3v) is 4.73. The topological polar surface area (TPSA) is 88.1 Å². The molecule has 0 aliphatic carbocycles. The number of nitrogens with zero attached hydrogens (tertiary/aromatic N) is 3. The van der Waals surface area contributed by atoms with E-state index in [1.807, 2.05) is 50.5 Å². The van der Waals surface area contributed by atoms with E-state index >= 15 is 0 Å². The second kappa shape index (κ2) is 6.62. The first-order valence-corrected chi connectivity index (χ1v) is 9.14. The number of hydrogen-bond acceptors (Lipinski definition) is 5. The van der Waals surface area contributed by atoms with E-state index in [0.717, 1.165) is 22.1 Å². The van der Waals surface area contributed by atoms with Crippen molar-refractivity contribution >= 4 is 37.9 Å². The second-order valence-corrected chi connectivity index (χ2v) is 7.34. The highest BCUT2D eigenvalue weighted by Crippen LogP contribution is 2.33. The lowest BCUT2D eigenvalue weighted by Crippen LogP contribution is -2.11. The van der Waals surface area contributed by atoms with Gasteiger partial charge in [-0.1, -0.05) is 24.3 Å². The summed E-state index contributed by atoms with van der Waals surface area (Å²) < 4.78 is 22.6. The summed E-state index contributed by atoms with van der Waals surface area (Å²) in [5, 5.41) is 15.7. The molecule has 3 aromatic carbocycles. The number of rotatable bonds is 4. The molecule has 6 nitrogen and oxygen atoms in total. The van der Waals surface area contributed by atoms with Crippen molar-refractivity contribution < 1.29 is 8.42 Å². The fraction of sp³-hybridized carbons (Fsp3) is 0.111. The fourth-order valence-corrected chi connectivity index (χ4v) is 3.07. The molecule has 25 heavy (non-hydrogen) atoms. The first kappa shape index (κ1) is 17.1. The molecule has 0 atom stereocenters. The minimum atomic E-state index is -3.71. The van der Waals surface area contributed by atoms with Crippen LogP contribution in [0.15, 0.2) is 75.8 Å².